The van der Waals surface area contributed by atoms with Crippen LogP contribution in [0.25, 0.3) is 11.4 Å². The van der Waals surface area contributed by atoms with Gasteiger partial charge >= 0.3 is 0 Å². The summed E-state index contributed by atoms with van der Waals surface area (Å²) in [4.78, 5) is 6.80. The summed E-state index contributed by atoms with van der Waals surface area (Å²) in [6, 6.07) is 6.18. The van der Waals surface area contributed by atoms with E-state index in [2.05, 4.69) is 9.97 Å². The van der Waals surface area contributed by atoms with Crippen molar-refractivity contribution in [3.8, 4) is 11.4 Å². The van der Waals surface area contributed by atoms with Crippen LogP contribution in [0.5, 0.6) is 0 Å². The standard InChI is InChI=1S/C9H8FN3/c10-7-3-1-2-6(4-7)9-12-5-8(11)13-9/h1-5H,11H2,(H,12,13). The van der Waals surface area contributed by atoms with Gasteiger partial charge in [0, 0.05) is 5.56 Å². The number of aromatic amines is 1. The molecule has 0 aliphatic carbocycles. The maximum atomic E-state index is 12.8. The Bertz CT molecular complexity index is 422. The van der Waals surface area contributed by atoms with Crippen LogP contribution < -0.4 is 5.73 Å². The zero-order valence-corrected chi connectivity index (χ0v) is 6.79. The molecule has 0 aliphatic heterocycles. The molecule has 0 saturated carbocycles. The first-order valence-corrected chi connectivity index (χ1v) is 3.82. The van der Waals surface area contributed by atoms with Crippen molar-refractivity contribution in [2.45, 2.75) is 0 Å². The lowest BCUT2D eigenvalue weighted by Gasteiger charge is -1.95. The summed E-state index contributed by atoms with van der Waals surface area (Å²) in [6.45, 7) is 0. The van der Waals surface area contributed by atoms with E-state index in [-0.39, 0.29) is 5.82 Å². The van der Waals surface area contributed by atoms with Gasteiger partial charge in [0.15, 0.2) is 0 Å². The second kappa shape index (κ2) is 2.90. The van der Waals surface area contributed by atoms with Crippen LogP contribution in [0.3, 0.4) is 0 Å². The van der Waals surface area contributed by atoms with Crippen molar-refractivity contribution in [3.05, 3.63) is 36.3 Å². The third-order valence-corrected chi connectivity index (χ3v) is 1.69. The highest BCUT2D eigenvalue weighted by atomic mass is 19.1. The number of benzene rings is 1. The number of nitrogens with one attached hydrogen (secondary N) is 1. The van der Waals surface area contributed by atoms with E-state index in [1.165, 1.54) is 18.3 Å². The Morgan fingerprint density at radius 1 is 1.38 bits per heavy atom. The van der Waals surface area contributed by atoms with E-state index in [0.717, 1.165) is 0 Å². The van der Waals surface area contributed by atoms with Crippen molar-refractivity contribution in [2.24, 2.45) is 0 Å². The molecule has 0 spiro atoms. The van der Waals surface area contributed by atoms with Crippen LogP contribution in [0.1, 0.15) is 0 Å². The summed E-state index contributed by atoms with van der Waals surface area (Å²) in [6.07, 6.45) is 1.50. The monoisotopic (exact) mass is 177 g/mol. The molecule has 0 atom stereocenters. The summed E-state index contributed by atoms with van der Waals surface area (Å²) in [5.74, 6) is 0.767. The summed E-state index contributed by atoms with van der Waals surface area (Å²) in [5.41, 5.74) is 6.13. The molecular formula is C9H8FN3. The van der Waals surface area contributed by atoms with Gasteiger partial charge in [0.05, 0.1) is 6.20 Å². The second-order valence-corrected chi connectivity index (χ2v) is 2.70. The van der Waals surface area contributed by atoms with E-state index in [9.17, 15) is 4.39 Å². The molecule has 3 N–H and O–H groups in total. The van der Waals surface area contributed by atoms with Gasteiger partial charge in [-0.1, -0.05) is 12.1 Å². The fraction of sp³-hybridized carbons (Fsp3) is 0. The largest absolute Gasteiger partial charge is 0.384 e. The average Bonchev–Trinajstić information content (AvgIpc) is 2.52. The number of nitrogens with two attached hydrogens (primary N) is 1. The molecule has 3 nitrogen and oxygen atoms in total. The van der Waals surface area contributed by atoms with Crippen LogP contribution in [0.2, 0.25) is 0 Å². The lowest BCUT2D eigenvalue weighted by molar-refractivity contribution is 0.628. The van der Waals surface area contributed by atoms with E-state index >= 15 is 0 Å². The molecule has 1 aromatic heterocycles. The summed E-state index contributed by atoms with van der Waals surface area (Å²) in [5, 5.41) is 0. The van der Waals surface area contributed by atoms with Gasteiger partial charge < -0.3 is 10.7 Å². The van der Waals surface area contributed by atoms with Crippen molar-refractivity contribution in [3.63, 3.8) is 0 Å². The number of anilines is 1. The van der Waals surface area contributed by atoms with E-state index in [1.807, 2.05) is 0 Å². The minimum absolute atomic E-state index is 0.285. The summed E-state index contributed by atoms with van der Waals surface area (Å²) < 4.78 is 12.8. The number of hydrogen-bond donors (Lipinski definition) is 2. The predicted octanol–water partition coefficient (Wildman–Crippen LogP) is 1.80. The Morgan fingerprint density at radius 2 is 2.23 bits per heavy atom. The summed E-state index contributed by atoms with van der Waals surface area (Å²) >= 11 is 0. The van der Waals surface area contributed by atoms with Crippen LogP contribution in [-0.2, 0) is 0 Å². The molecule has 1 heterocycles. The first-order valence-electron chi connectivity index (χ1n) is 3.82. The summed E-state index contributed by atoms with van der Waals surface area (Å²) in [7, 11) is 0. The van der Waals surface area contributed by atoms with E-state index in [4.69, 9.17) is 5.73 Å². The molecule has 13 heavy (non-hydrogen) atoms. The second-order valence-electron chi connectivity index (χ2n) is 2.70. The van der Waals surface area contributed by atoms with Crippen LogP contribution >= 0.6 is 0 Å². The first-order chi connectivity index (χ1) is 6.25. The van der Waals surface area contributed by atoms with Crippen molar-refractivity contribution >= 4 is 5.82 Å². The molecule has 0 bridgehead atoms. The fourth-order valence-electron chi connectivity index (χ4n) is 1.12. The quantitative estimate of drug-likeness (QED) is 0.697. The molecule has 0 unspecified atom stereocenters. The highest BCUT2D eigenvalue weighted by Crippen LogP contribution is 2.16. The van der Waals surface area contributed by atoms with E-state index in [1.54, 1.807) is 12.1 Å². The lowest BCUT2D eigenvalue weighted by atomic mass is 10.2. The van der Waals surface area contributed by atoms with Gasteiger partial charge in [-0.3, -0.25) is 0 Å². The molecule has 2 rings (SSSR count). The maximum absolute atomic E-state index is 12.8. The minimum atomic E-state index is -0.285. The smallest absolute Gasteiger partial charge is 0.138 e. The number of imidazole rings is 1. The predicted molar refractivity (Wildman–Crippen MR) is 48.4 cm³/mol. The fourth-order valence-corrected chi connectivity index (χ4v) is 1.12. The van der Waals surface area contributed by atoms with Crippen LogP contribution in [0.4, 0.5) is 10.2 Å². The Hall–Kier alpha value is -1.84. The number of H-pyrrole nitrogens is 1. The van der Waals surface area contributed by atoms with Crippen molar-refractivity contribution < 1.29 is 4.39 Å². The third kappa shape index (κ3) is 1.51. The zero-order valence-electron chi connectivity index (χ0n) is 6.79. The van der Waals surface area contributed by atoms with Gasteiger partial charge in [0.1, 0.15) is 17.5 Å². The molecule has 0 amide bonds. The highest BCUT2D eigenvalue weighted by Gasteiger charge is 2.01. The van der Waals surface area contributed by atoms with E-state index in [0.29, 0.717) is 17.2 Å². The molecule has 0 fully saturated rings. The van der Waals surface area contributed by atoms with E-state index < -0.39 is 0 Å². The SMILES string of the molecule is Nc1cnc(-c2cccc(F)c2)[nH]1. The lowest BCUT2D eigenvalue weighted by Crippen LogP contribution is -1.84. The minimum Gasteiger partial charge on any atom is -0.384 e. The Morgan fingerprint density at radius 3 is 2.85 bits per heavy atom. The number of hydrogen-bond acceptors (Lipinski definition) is 2. The van der Waals surface area contributed by atoms with Gasteiger partial charge in [-0.25, -0.2) is 9.37 Å². The maximum Gasteiger partial charge on any atom is 0.138 e. The number of aromatic nitrogens is 2. The molecule has 66 valence electrons. The van der Waals surface area contributed by atoms with Crippen LogP contribution in [0.15, 0.2) is 30.5 Å². The number of nitrogens with zero attached hydrogens (tertiary/aromatic N) is 1. The number of rotatable bonds is 1. The molecule has 0 saturated heterocycles. The topological polar surface area (TPSA) is 54.7 Å². The van der Waals surface area contributed by atoms with Crippen LogP contribution in [0, 0.1) is 5.82 Å². The van der Waals surface area contributed by atoms with Gasteiger partial charge in [-0.05, 0) is 12.1 Å². The average molecular weight is 177 g/mol. The molecule has 1 aromatic carbocycles. The Balaban J connectivity index is 2.46. The number of nitrogen functional groups attached to an aromatic ring is 1. The van der Waals surface area contributed by atoms with Gasteiger partial charge in [-0.2, -0.15) is 0 Å². The molecular weight excluding hydrogens is 169 g/mol. The molecule has 2 aromatic rings. The van der Waals surface area contributed by atoms with Crippen molar-refractivity contribution in [1.82, 2.24) is 9.97 Å². The normalized spacial score (nSPS) is 10.2. The molecule has 4 heteroatoms. The first kappa shape index (κ1) is 7.79. The van der Waals surface area contributed by atoms with Gasteiger partial charge in [-0.15, -0.1) is 0 Å². The van der Waals surface area contributed by atoms with Crippen molar-refractivity contribution in [2.75, 3.05) is 5.73 Å². The molecule has 0 aliphatic rings. The van der Waals surface area contributed by atoms with Crippen molar-refractivity contribution in [1.29, 1.82) is 0 Å². The third-order valence-electron chi connectivity index (χ3n) is 1.69. The Kier molecular flexibility index (Phi) is 1.73. The number of halogens is 1. The van der Waals surface area contributed by atoms with Gasteiger partial charge in [0.2, 0.25) is 0 Å². The Labute approximate surface area is 74.4 Å². The van der Waals surface area contributed by atoms with Gasteiger partial charge in [0.25, 0.3) is 0 Å². The highest BCUT2D eigenvalue weighted by molar-refractivity contribution is 5.56. The van der Waals surface area contributed by atoms with Crippen LogP contribution in [-0.4, -0.2) is 9.97 Å². The zero-order chi connectivity index (χ0) is 9.26. The molecule has 0 radical (unpaired) electrons.